The van der Waals surface area contributed by atoms with Crippen LogP contribution in [0.4, 0.5) is 5.82 Å². The first-order chi connectivity index (χ1) is 11.6. The molecule has 0 unspecified atom stereocenters. The summed E-state index contributed by atoms with van der Waals surface area (Å²) in [6.45, 7) is 3.59. The summed E-state index contributed by atoms with van der Waals surface area (Å²) >= 11 is 0. The zero-order chi connectivity index (χ0) is 17.4. The zero-order valence-electron chi connectivity index (χ0n) is 15.5. The van der Waals surface area contributed by atoms with Gasteiger partial charge in [0, 0.05) is 60.7 Å². The Morgan fingerprint density at radius 2 is 2.08 bits per heavy atom. The van der Waals surface area contributed by atoms with Crippen LogP contribution in [0.3, 0.4) is 0 Å². The lowest BCUT2D eigenvalue weighted by Crippen LogP contribution is -2.39. The lowest BCUT2D eigenvalue weighted by Gasteiger charge is -2.27. The minimum Gasteiger partial charge on any atom is -0.381 e. The quantitative estimate of drug-likeness (QED) is 0.637. The SMILES string of the molecule is CN=C(NCc1ccnc(N(C)C)c1)N(C)CCC1CCOCC1. The summed E-state index contributed by atoms with van der Waals surface area (Å²) in [7, 11) is 7.95. The van der Waals surface area contributed by atoms with Crippen LogP contribution in [0.5, 0.6) is 0 Å². The van der Waals surface area contributed by atoms with E-state index in [1.54, 1.807) is 0 Å². The smallest absolute Gasteiger partial charge is 0.193 e. The third-order valence-corrected chi connectivity index (χ3v) is 4.51. The van der Waals surface area contributed by atoms with Gasteiger partial charge < -0.3 is 19.9 Å². The first-order valence-corrected chi connectivity index (χ1v) is 8.72. The largest absolute Gasteiger partial charge is 0.381 e. The van der Waals surface area contributed by atoms with Gasteiger partial charge in [0.2, 0.25) is 0 Å². The minimum atomic E-state index is 0.748. The number of rotatable bonds is 6. The Hall–Kier alpha value is -1.82. The van der Waals surface area contributed by atoms with Crippen molar-refractivity contribution in [3.05, 3.63) is 23.9 Å². The molecule has 0 amide bonds. The fraction of sp³-hybridized carbons (Fsp3) is 0.667. The van der Waals surface area contributed by atoms with Crippen molar-refractivity contribution in [3.63, 3.8) is 0 Å². The van der Waals surface area contributed by atoms with Crippen LogP contribution in [-0.2, 0) is 11.3 Å². The highest BCUT2D eigenvalue weighted by Crippen LogP contribution is 2.18. The van der Waals surface area contributed by atoms with E-state index in [1.807, 2.05) is 38.3 Å². The molecule has 1 aliphatic rings. The first-order valence-electron chi connectivity index (χ1n) is 8.72. The lowest BCUT2D eigenvalue weighted by atomic mass is 9.96. The molecule has 6 heteroatoms. The highest BCUT2D eigenvalue weighted by Gasteiger charge is 2.15. The summed E-state index contributed by atoms with van der Waals surface area (Å²) in [5, 5.41) is 3.44. The fourth-order valence-corrected chi connectivity index (χ4v) is 2.90. The maximum atomic E-state index is 5.43. The first kappa shape index (κ1) is 18.5. The predicted molar refractivity (Wildman–Crippen MR) is 99.6 cm³/mol. The molecule has 0 atom stereocenters. The van der Waals surface area contributed by atoms with Crippen LogP contribution in [-0.4, -0.2) is 63.8 Å². The van der Waals surface area contributed by atoms with Crippen molar-refractivity contribution >= 4 is 11.8 Å². The van der Waals surface area contributed by atoms with E-state index in [1.165, 1.54) is 24.8 Å². The third kappa shape index (κ3) is 5.67. The van der Waals surface area contributed by atoms with Gasteiger partial charge in [0.15, 0.2) is 5.96 Å². The summed E-state index contributed by atoms with van der Waals surface area (Å²) in [5.41, 5.74) is 1.20. The van der Waals surface area contributed by atoms with E-state index in [2.05, 4.69) is 33.3 Å². The van der Waals surface area contributed by atoms with Gasteiger partial charge in [-0.2, -0.15) is 0 Å². The molecule has 1 N–H and O–H groups in total. The molecule has 1 aliphatic heterocycles. The number of anilines is 1. The number of hydrogen-bond acceptors (Lipinski definition) is 4. The van der Waals surface area contributed by atoms with E-state index < -0.39 is 0 Å². The summed E-state index contributed by atoms with van der Waals surface area (Å²) in [5.74, 6) is 2.68. The van der Waals surface area contributed by atoms with Gasteiger partial charge in [-0.3, -0.25) is 4.99 Å². The molecule has 6 nitrogen and oxygen atoms in total. The van der Waals surface area contributed by atoms with E-state index in [0.717, 1.165) is 44.0 Å². The Kier molecular flexibility index (Phi) is 7.31. The fourth-order valence-electron chi connectivity index (χ4n) is 2.90. The predicted octanol–water partition coefficient (Wildman–Crippen LogP) is 1.97. The normalized spacial score (nSPS) is 16.1. The Morgan fingerprint density at radius 1 is 1.33 bits per heavy atom. The summed E-state index contributed by atoms with van der Waals surface area (Å²) in [6, 6.07) is 4.14. The Labute approximate surface area is 145 Å². The van der Waals surface area contributed by atoms with Gasteiger partial charge in [-0.15, -0.1) is 0 Å². The van der Waals surface area contributed by atoms with Crippen LogP contribution in [0.1, 0.15) is 24.8 Å². The van der Waals surface area contributed by atoms with Gasteiger partial charge in [0.1, 0.15) is 5.82 Å². The third-order valence-electron chi connectivity index (χ3n) is 4.51. The Bertz CT molecular complexity index is 526. The van der Waals surface area contributed by atoms with Gasteiger partial charge in [0.25, 0.3) is 0 Å². The molecule has 24 heavy (non-hydrogen) atoms. The molecular weight excluding hydrogens is 302 g/mol. The highest BCUT2D eigenvalue weighted by atomic mass is 16.5. The molecule has 0 saturated carbocycles. The van der Waals surface area contributed by atoms with Crippen molar-refractivity contribution in [2.45, 2.75) is 25.8 Å². The van der Waals surface area contributed by atoms with Gasteiger partial charge in [0.05, 0.1) is 0 Å². The van der Waals surface area contributed by atoms with Crippen molar-refractivity contribution in [3.8, 4) is 0 Å². The van der Waals surface area contributed by atoms with Crippen molar-refractivity contribution in [2.24, 2.45) is 10.9 Å². The second-order valence-electron chi connectivity index (χ2n) is 6.58. The summed E-state index contributed by atoms with van der Waals surface area (Å²) < 4.78 is 5.43. The van der Waals surface area contributed by atoms with E-state index in [4.69, 9.17) is 4.74 Å². The van der Waals surface area contributed by atoms with Crippen LogP contribution >= 0.6 is 0 Å². The molecule has 0 bridgehead atoms. The van der Waals surface area contributed by atoms with E-state index in [-0.39, 0.29) is 0 Å². The monoisotopic (exact) mass is 333 g/mol. The molecule has 0 aromatic carbocycles. The molecule has 1 aromatic rings. The second kappa shape index (κ2) is 9.47. The maximum absolute atomic E-state index is 5.43. The molecule has 0 spiro atoms. The van der Waals surface area contributed by atoms with Gasteiger partial charge in [-0.1, -0.05) is 0 Å². The number of aliphatic imine (C=N–C) groups is 1. The molecular formula is C18H31N5O. The molecule has 0 radical (unpaired) electrons. The van der Waals surface area contributed by atoms with Crippen molar-refractivity contribution < 1.29 is 4.74 Å². The number of pyridine rings is 1. The number of nitrogens with one attached hydrogen (secondary N) is 1. The number of aromatic nitrogens is 1. The molecule has 134 valence electrons. The Morgan fingerprint density at radius 3 is 2.75 bits per heavy atom. The topological polar surface area (TPSA) is 53.0 Å². The molecule has 1 saturated heterocycles. The van der Waals surface area contributed by atoms with Crippen LogP contribution < -0.4 is 10.2 Å². The standard InChI is InChI=1S/C18H31N5O/c1-19-18(23(4)10-6-15-7-11-24-12-8-15)21-14-16-5-9-20-17(13-16)22(2)3/h5,9,13,15H,6-8,10-12,14H2,1-4H3,(H,19,21). The van der Waals surface area contributed by atoms with Crippen LogP contribution in [0.2, 0.25) is 0 Å². The number of nitrogens with zero attached hydrogens (tertiary/aromatic N) is 4. The maximum Gasteiger partial charge on any atom is 0.193 e. The summed E-state index contributed by atoms with van der Waals surface area (Å²) in [6.07, 6.45) is 5.42. The molecule has 2 rings (SSSR count). The van der Waals surface area contributed by atoms with Gasteiger partial charge in [-0.25, -0.2) is 4.98 Å². The van der Waals surface area contributed by atoms with Gasteiger partial charge >= 0.3 is 0 Å². The molecule has 1 fully saturated rings. The van der Waals surface area contributed by atoms with Crippen LogP contribution in [0.15, 0.2) is 23.3 Å². The number of hydrogen-bond donors (Lipinski definition) is 1. The van der Waals surface area contributed by atoms with E-state index in [9.17, 15) is 0 Å². The highest BCUT2D eigenvalue weighted by molar-refractivity contribution is 5.79. The minimum absolute atomic E-state index is 0.748. The second-order valence-corrected chi connectivity index (χ2v) is 6.58. The lowest BCUT2D eigenvalue weighted by molar-refractivity contribution is 0.0625. The number of guanidine groups is 1. The van der Waals surface area contributed by atoms with Crippen LogP contribution in [0.25, 0.3) is 0 Å². The van der Waals surface area contributed by atoms with E-state index in [0.29, 0.717) is 0 Å². The average Bonchev–Trinajstić information content (AvgIpc) is 2.61. The summed E-state index contributed by atoms with van der Waals surface area (Å²) in [4.78, 5) is 13.0. The van der Waals surface area contributed by atoms with Crippen LogP contribution in [0, 0.1) is 5.92 Å². The number of ether oxygens (including phenoxy) is 1. The van der Waals surface area contributed by atoms with Crippen molar-refractivity contribution in [1.82, 2.24) is 15.2 Å². The zero-order valence-corrected chi connectivity index (χ0v) is 15.5. The molecule has 0 aliphatic carbocycles. The van der Waals surface area contributed by atoms with Gasteiger partial charge in [-0.05, 0) is 42.9 Å². The average molecular weight is 333 g/mol. The van der Waals surface area contributed by atoms with Crippen molar-refractivity contribution in [1.29, 1.82) is 0 Å². The van der Waals surface area contributed by atoms with E-state index >= 15 is 0 Å². The molecule has 1 aromatic heterocycles. The molecule has 2 heterocycles. The van der Waals surface area contributed by atoms with Crippen molar-refractivity contribution in [2.75, 3.05) is 52.8 Å². The Balaban J connectivity index is 1.81.